The Kier molecular flexibility index (Phi) is 6.04. The molecule has 3 N–H and O–H groups in total. The van der Waals surface area contributed by atoms with Gasteiger partial charge in [0.2, 0.25) is 5.91 Å². The van der Waals surface area contributed by atoms with Crippen molar-refractivity contribution in [2.45, 2.75) is 26.2 Å². The molecule has 0 saturated carbocycles. The van der Waals surface area contributed by atoms with Gasteiger partial charge in [-0.3, -0.25) is 24.8 Å². The SMILES string of the molecule is CCCCC(=O)Nc1cncc(-c2cc3c(-c4nc5c(-c6ccncc6)nccc5[nH]4)n[nH]c3cc2F)c1. The number of nitrogens with zero attached hydrogens (tertiary/aromatic N) is 5. The lowest BCUT2D eigenvalue weighted by Gasteiger charge is -2.08. The second-order valence-electron chi connectivity index (χ2n) is 8.94. The predicted octanol–water partition coefficient (Wildman–Crippen LogP) is 5.89. The fourth-order valence-electron chi connectivity index (χ4n) is 4.42. The van der Waals surface area contributed by atoms with Crippen LogP contribution in [0.5, 0.6) is 0 Å². The molecule has 0 bridgehead atoms. The van der Waals surface area contributed by atoms with E-state index in [9.17, 15) is 4.79 Å². The van der Waals surface area contributed by atoms with Gasteiger partial charge in [-0.05, 0) is 36.8 Å². The minimum Gasteiger partial charge on any atom is -0.336 e. The van der Waals surface area contributed by atoms with Crippen molar-refractivity contribution in [3.05, 3.63) is 73.2 Å². The summed E-state index contributed by atoms with van der Waals surface area (Å²) in [5.74, 6) is 0.00396. The Morgan fingerprint density at radius 3 is 2.68 bits per heavy atom. The van der Waals surface area contributed by atoms with Crippen molar-refractivity contribution in [1.82, 2.24) is 35.1 Å². The molecule has 0 unspecified atom stereocenters. The summed E-state index contributed by atoms with van der Waals surface area (Å²) in [7, 11) is 0. The van der Waals surface area contributed by atoms with Crippen LogP contribution in [0.4, 0.5) is 10.1 Å². The van der Waals surface area contributed by atoms with Crippen LogP contribution in [0.25, 0.3) is 55.8 Å². The number of carbonyl (C=O) groups excluding carboxylic acids is 1. The van der Waals surface area contributed by atoms with Crippen molar-refractivity contribution < 1.29 is 9.18 Å². The highest BCUT2D eigenvalue weighted by Gasteiger charge is 2.18. The summed E-state index contributed by atoms with van der Waals surface area (Å²) in [4.78, 5) is 33.1. The molecule has 1 amide bonds. The molecule has 1 aromatic carbocycles. The number of amides is 1. The van der Waals surface area contributed by atoms with E-state index in [-0.39, 0.29) is 5.91 Å². The van der Waals surface area contributed by atoms with Crippen LogP contribution in [0.15, 0.2) is 67.4 Å². The maximum atomic E-state index is 15.2. The fourth-order valence-corrected chi connectivity index (χ4v) is 4.42. The van der Waals surface area contributed by atoms with Crippen LogP contribution < -0.4 is 5.32 Å². The summed E-state index contributed by atoms with van der Waals surface area (Å²) in [6.07, 6.45) is 10.4. The summed E-state index contributed by atoms with van der Waals surface area (Å²) in [6.45, 7) is 2.03. The van der Waals surface area contributed by atoms with Crippen molar-refractivity contribution in [2.75, 3.05) is 5.32 Å². The minimum absolute atomic E-state index is 0.0932. The molecule has 6 aromatic rings. The summed E-state index contributed by atoms with van der Waals surface area (Å²) < 4.78 is 15.2. The van der Waals surface area contributed by atoms with Gasteiger partial charge < -0.3 is 10.3 Å². The highest BCUT2D eigenvalue weighted by molar-refractivity contribution is 5.98. The van der Waals surface area contributed by atoms with Crippen molar-refractivity contribution in [3.8, 4) is 33.9 Å². The molecule has 38 heavy (non-hydrogen) atoms. The topological polar surface area (TPSA) is 125 Å². The molecule has 0 atom stereocenters. The van der Waals surface area contributed by atoms with Crippen molar-refractivity contribution in [1.29, 1.82) is 0 Å². The highest BCUT2D eigenvalue weighted by Crippen LogP contribution is 2.34. The molecule has 0 aliphatic carbocycles. The van der Waals surface area contributed by atoms with Gasteiger partial charge in [-0.1, -0.05) is 13.3 Å². The van der Waals surface area contributed by atoms with Gasteiger partial charge >= 0.3 is 0 Å². The molecule has 0 aliphatic heterocycles. The monoisotopic (exact) mass is 506 g/mol. The number of H-pyrrole nitrogens is 2. The summed E-state index contributed by atoms with van der Waals surface area (Å²) in [6, 6.07) is 10.4. The zero-order chi connectivity index (χ0) is 26.1. The van der Waals surface area contributed by atoms with E-state index in [1.165, 1.54) is 6.07 Å². The molecule has 0 spiro atoms. The van der Waals surface area contributed by atoms with Gasteiger partial charge in [0.1, 0.15) is 17.0 Å². The molecular formula is C28H23FN8O. The number of imidazole rings is 1. The molecule has 10 heteroatoms. The standard InChI is InChI=1S/C28H23FN8O/c1-2-3-4-24(38)33-18-11-17(14-31-15-18)19-12-20-23(13-21(19)29)36-37-26(20)28-34-22-7-10-32-25(27(22)35-28)16-5-8-30-9-6-16/h5-15H,2-4H2,1H3,(H,33,38)(H,34,35)(H,36,37). The lowest BCUT2D eigenvalue weighted by atomic mass is 10.0. The number of rotatable bonds is 7. The first kappa shape index (κ1) is 23.4. The van der Waals surface area contributed by atoms with E-state index in [0.29, 0.717) is 51.2 Å². The van der Waals surface area contributed by atoms with E-state index in [4.69, 9.17) is 4.98 Å². The molecule has 188 valence electrons. The zero-order valence-electron chi connectivity index (χ0n) is 20.5. The first-order chi connectivity index (χ1) is 18.6. The van der Waals surface area contributed by atoms with Crippen LogP contribution in [0.2, 0.25) is 0 Å². The normalized spacial score (nSPS) is 11.3. The molecule has 0 saturated heterocycles. The van der Waals surface area contributed by atoms with Gasteiger partial charge in [-0.15, -0.1) is 0 Å². The number of carbonyl (C=O) groups is 1. The third-order valence-electron chi connectivity index (χ3n) is 6.32. The van der Waals surface area contributed by atoms with Gasteiger partial charge in [-0.2, -0.15) is 5.10 Å². The number of benzene rings is 1. The van der Waals surface area contributed by atoms with Crippen LogP contribution in [-0.2, 0) is 4.79 Å². The van der Waals surface area contributed by atoms with Crippen LogP contribution in [0.3, 0.4) is 0 Å². The molecule has 0 radical (unpaired) electrons. The quantitative estimate of drug-likeness (QED) is 0.248. The third kappa shape index (κ3) is 4.36. The number of pyridine rings is 3. The number of aromatic amines is 2. The average molecular weight is 507 g/mol. The van der Waals surface area contributed by atoms with E-state index in [2.05, 4.69) is 35.5 Å². The second kappa shape index (κ2) is 9.81. The smallest absolute Gasteiger partial charge is 0.224 e. The second-order valence-corrected chi connectivity index (χ2v) is 8.94. The molecule has 5 aromatic heterocycles. The number of nitrogens with one attached hydrogen (secondary N) is 3. The lowest BCUT2D eigenvalue weighted by Crippen LogP contribution is -2.11. The summed E-state index contributed by atoms with van der Waals surface area (Å²) >= 11 is 0. The summed E-state index contributed by atoms with van der Waals surface area (Å²) in [5.41, 5.74) is 5.60. The number of halogens is 1. The van der Waals surface area contributed by atoms with Gasteiger partial charge in [0.15, 0.2) is 5.82 Å². The van der Waals surface area contributed by atoms with Gasteiger partial charge in [0, 0.05) is 59.4 Å². The molecule has 0 fully saturated rings. The van der Waals surface area contributed by atoms with Gasteiger partial charge in [0.25, 0.3) is 0 Å². The Balaban J connectivity index is 1.40. The first-order valence-electron chi connectivity index (χ1n) is 12.3. The molecular weight excluding hydrogens is 483 g/mol. The van der Waals surface area contributed by atoms with Crippen molar-refractivity contribution >= 4 is 33.5 Å². The largest absolute Gasteiger partial charge is 0.336 e. The first-order valence-corrected chi connectivity index (χ1v) is 12.3. The van der Waals surface area contributed by atoms with Crippen LogP contribution in [-0.4, -0.2) is 41.0 Å². The predicted molar refractivity (Wildman–Crippen MR) is 144 cm³/mol. The van der Waals surface area contributed by atoms with Crippen molar-refractivity contribution in [3.63, 3.8) is 0 Å². The highest BCUT2D eigenvalue weighted by atomic mass is 19.1. The van der Waals surface area contributed by atoms with E-state index in [1.807, 2.05) is 25.1 Å². The minimum atomic E-state index is -0.433. The molecule has 5 heterocycles. The van der Waals surface area contributed by atoms with Crippen molar-refractivity contribution in [2.24, 2.45) is 0 Å². The summed E-state index contributed by atoms with van der Waals surface area (Å²) in [5, 5.41) is 10.9. The number of anilines is 1. The Morgan fingerprint density at radius 2 is 1.84 bits per heavy atom. The van der Waals surface area contributed by atoms with Crippen LogP contribution in [0.1, 0.15) is 26.2 Å². The van der Waals surface area contributed by atoms with Gasteiger partial charge in [-0.25, -0.2) is 9.37 Å². The van der Waals surface area contributed by atoms with Crippen LogP contribution >= 0.6 is 0 Å². The maximum Gasteiger partial charge on any atom is 0.224 e. The third-order valence-corrected chi connectivity index (χ3v) is 6.32. The number of hydrogen-bond acceptors (Lipinski definition) is 6. The van der Waals surface area contributed by atoms with E-state index >= 15 is 4.39 Å². The van der Waals surface area contributed by atoms with Gasteiger partial charge in [0.05, 0.1) is 28.6 Å². The zero-order valence-corrected chi connectivity index (χ0v) is 20.5. The van der Waals surface area contributed by atoms with E-state index in [0.717, 1.165) is 29.6 Å². The number of unbranched alkanes of at least 4 members (excludes halogenated alkanes) is 1. The van der Waals surface area contributed by atoms with Crippen LogP contribution in [0, 0.1) is 5.82 Å². The number of hydrogen-bond donors (Lipinski definition) is 3. The molecule has 6 rings (SSSR count). The Morgan fingerprint density at radius 1 is 0.974 bits per heavy atom. The Labute approximate surface area is 216 Å². The fraction of sp³-hybridized carbons (Fsp3) is 0.143. The molecule has 9 nitrogen and oxygen atoms in total. The number of aromatic nitrogens is 7. The number of fused-ring (bicyclic) bond motifs is 2. The van der Waals surface area contributed by atoms with E-state index in [1.54, 1.807) is 43.1 Å². The average Bonchev–Trinajstić information content (AvgIpc) is 3.55. The Hall–Kier alpha value is -4.99. The maximum absolute atomic E-state index is 15.2. The molecule has 0 aliphatic rings. The Bertz CT molecular complexity index is 1780. The van der Waals surface area contributed by atoms with E-state index < -0.39 is 5.82 Å². The lowest BCUT2D eigenvalue weighted by molar-refractivity contribution is -0.116.